The molecule has 0 spiro atoms. The first-order chi connectivity index (χ1) is 15.3. The largest absolute Gasteiger partial charge is 0.489 e. The van der Waals surface area contributed by atoms with Gasteiger partial charge < -0.3 is 14.5 Å². The maximum absolute atomic E-state index is 6.02. The second-order valence-electron chi connectivity index (χ2n) is 11.1. The quantitative estimate of drug-likeness (QED) is 0.398. The van der Waals surface area contributed by atoms with E-state index in [1.807, 2.05) is 6.07 Å². The van der Waals surface area contributed by atoms with Gasteiger partial charge in [0.25, 0.3) is 0 Å². The summed E-state index contributed by atoms with van der Waals surface area (Å²) in [6.45, 7) is 17.1. The van der Waals surface area contributed by atoms with Crippen LogP contribution in [0, 0.1) is 11.3 Å². The molecule has 0 bridgehead atoms. The average molecular weight is 437 g/mol. The summed E-state index contributed by atoms with van der Waals surface area (Å²) in [6, 6.07) is 19.8. The van der Waals surface area contributed by atoms with Crippen LogP contribution in [0.1, 0.15) is 65.9 Å². The van der Waals surface area contributed by atoms with E-state index in [2.05, 4.69) is 92.9 Å². The van der Waals surface area contributed by atoms with E-state index >= 15 is 0 Å². The molecule has 1 saturated heterocycles. The van der Waals surface area contributed by atoms with Crippen molar-refractivity contribution in [1.29, 1.82) is 0 Å². The molecule has 1 unspecified atom stereocenters. The maximum Gasteiger partial charge on any atom is 0.119 e. The molecule has 1 fully saturated rings. The van der Waals surface area contributed by atoms with Crippen molar-refractivity contribution in [1.82, 2.24) is 4.90 Å². The van der Waals surface area contributed by atoms with E-state index in [1.54, 1.807) is 0 Å². The fourth-order valence-corrected chi connectivity index (χ4v) is 4.38. The zero-order valence-electron chi connectivity index (χ0n) is 21.0. The van der Waals surface area contributed by atoms with Crippen LogP contribution in [0.2, 0.25) is 0 Å². The van der Waals surface area contributed by atoms with Crippen LogP contribution in [0.5, 0.6) is 5.75 Å². The van der Waals surface area contributed by atoms with E-state index < -0.39 is 0 Å². The number of benzene rings is 2. The fraction of sp³-hybridized carbons (Fsp3) is 0.586. The molecule has 0 radical (unpaired) electrons. The van der Waals surface area contributed by atoms with Crippen LogP contribution in [-0.4, -0.2) is 37.1 Å². The Kier molecular flexibility index (Phi) is 9.04. The van der Waals surface area contributed by atoms with Gasteiger partial charge in [0, 0.05) is 24.8 Å². The molecule has 3 heteroatoms. The first-order valence-corrected chi connectivity index (χ1v) is 12.6. The third kappa shape index (κ3) is 8.16. The number of piperidine rings is 1. The van der Waals surface area contributed by atoms with Crippen molar-refractivity contribution in [3.05, 3.63) is 60.2 Å². The molecular weight excluding hydrogens is 392 g/mol. The predicted octanol–water partition coefficient (Wildman–Crippen LogP) is 7.02. The lowest BCUT2D eigenvalue weighted by molar-refractivity contribution is 0.178. The van der Waals surface area contributed by atoms with E-state index in [0.717, 1.165) is 12.3 Å². The smallest absolute Gasteiger partial charge is 0.119 e. The molecule has 32 heavy (non-hydrogen) atoms. The number of hydrogen-bond acceptors (Lipinski definition) is 3. The molecule has 176 valence electrons. The molecule has 0 saturated carbocycles. The lowest BCUT2D eigenvalue weighted by atomic mass is 9.91. The number of anilines is 1. The van der Waals surface area contributed by atoms with Crippen LogP contribution >= 0.6 is 0 Å². The Hall–Kier alpha value is -2.00. The zero-order chi connectivity index (χ0) is 23.0. The van der Waals surface area contributed by atoms with Crippen LogP contribution < -0.4 is 9.64 Å². The van der Waals surface area contributed by atoms with Gasteiger partial charge in [0.2, 0.25) is 0 Å². The van der Waals surface area contributed by atoms with Gasteiger partial charge in [-0.05, 0) is 79.9 Å². The normalized spacial score (nSPS) is 17.5. The van der Waals surface area contributed by atoms with E-state index in [4.69, 9.17) is 4.74 Å². The van der Waals surface area contributed by atoms with Crippen molar-refractivity contribution in [3.63, 3.8) is 0 Å². The van der Waals surface area contributed by atoms with Crippen molar-refractivity contribution in [2.24, 2.45) is 11.3 Å². The highest BCUT2D eigenvalue weighted by Gasteiger charge is 2.26. The van der Waals surface area contributed by atoms with Gasteiger partial charge in [-0.1, -0.05) is 65.0 Å². The minimum atomic E-state index is 0.403. The Bertz CT molecular complexity index is 779. The predicted molar refractivity (Wildman–Crippen MR) is 138 cm³/mol. The van der Waals surface area contributed by atoms with Crippen molar-refractivity contribution < 1.29 is 4.74 Å². The molecular formula is C29H44N2O. The summed E-state index contributed by atoms with van der Waals surface area (Å²) in [5.41, 5.74) is 2.94. The molecule has 3 rings (SSSR count). The number of nitrogens with zero attached hydrogens (tertiary/aromatic N) is 2. The monoisotopic (exact) mass is 436 g/mol. The minimum absolute atomic E-state index is 0.403. The summed E-state index contributed by atoms with van der Waals surface area (Å²) < 4.78 is 6.02. The van der Waals surface area contributed by atoms with Gasteiger partial charge in [-0.25, -0.2) is 0 Å². The molecule has 1 aliphatic heterocycles. The first kappa shape index (κ1) is 24.6. The highest BCUT2D eigenvalue weighted by atomic mass is 16.5. The molecule has 1 heterocycles. The van der Waals surface area contributed by atoms with E-state index in [1.165, 1.54) is 56.6 Å². The summed E-state index contributed by atoms with van der Waals surface area (Å²) in [5.74, 6) is 1.66. The van der Waals surface area contributed by atoms with Gasteiger partial charge >= 0.3 is 0 Å². The van der Waals surface area contributed by atoms with Crippen LogP contribution in [0.3, 0.4) is 0 Å². The highest BCUT2D eigenvalue weighted by Crippen LogP contribution is 2.28. The topological polar surface area (TPSA) is 15.7 Å². The number of likely N-dealkylation sites (tertiary alicyclic amines) is 1. The Balaban J connectivity index is 1.65. The third-order valence-corrected chi connectivity index (χ3v) is 6.46. The van der Waals surface area contributed by atoms with Gasteiger partial charge in [0.1, 0.15) is 12.4 Å². The number of rotatable bonds is 10. The molecule has 3 nitrogen and oxygen atoms in total. The molecule has 0 N–H and O–H groups in total. The van der Waals surface area contributed by atoms with Crippen LogP contribution in [0.25, 0.3) is 0 Å². The second-order valence-corrected chi connectivity index (χ2v) is 11.1. The number of ether oxygens (including phenoxy) is 1. The third-order valence-electron chi connectivity index (χ3n) is 6.46. The van der Waals surface area contributed by atoms with E-state index in [0.29, 0.717) is 24.0 Å². The van der Waals surface area contributed by atoms with Crippen molar-refractivity contribution in [3.8, 4) is 5.75 Å². The van der Waals surface area contributed by atoms with Crippen molar-refractivity contribution in [2.45, 2.75) is 73.0 Å². The Morgan fingerprint density at radius 1 is 1.03 bits per heavy atom. The number of hydrogen-bond donors (Lipinski definition) is 0. The second kappa shape index (κ2) is 11.7. The van der Waals surface area contributed by atoms with Gasteiger partial charge in [-0.15, -0.1) is 0 Å². The highest BCUT2D eigenvalue weighted by molar-refractivity contribution is 5.50. The zero-order valence-corrected chi connectivity index (χ0v) is 21.0. The van der Waals surface area contributed by atoms with Gasteiger partial charge in [0.15, 0.2) is 0 Å². The fourth-order valence-electron chi connectivity index (χ4n) is 4.38. The molecule has 2 aromatic carbocycles. The van der Waals surface area contributed by atoms with Gasteiger partial charge in [0.05, 0.1) is 0 Å². The average Bonchev–Trinajstić information content (AvgIpc) is 2.78. The van der Waals surface area contributed by atoms with Crippen molar-refractivity contribution >= 4 is 5.69 Å². The van der Waals surface area contributed by atoms with Crippen molar-refractivity contribution in [2.75, 3.05) is 31.1 Å². The summed E-state index contributed by atoms with van der Waals surface area (Å²) in [7, 11) is 0. The minimum Gasteiger partial charge on any atom is -0.489 e. The maximum atomic E-state index is 6.02. The Labute approximate surface area is 196 Å². The first-order valence-electron chi connectivity index (χ1n) is 12.6. The summed E-state index contributed by atoms with van der Waals surface area (Å²) in [5, 5.41) is 0. The van der Waals surface area contributed by atoms with Crippen LogP contribution in [0.4, 0.5) is 5.69 Å². The SMILES string of the molecule is CC(C)CCN(c1ccc(OCc2ccccc2)cc1)C1CCCN(CCC(C)(C)C)C1. The lowest BCUT2D eigenvalue weighted by Crippen LogP contribution is -2.49. The molecule has 0 aromatic heterocycles. The Morgan fingerprint density at radius 2 is 1.75 bits per heavy atom. The summed E-state index contributed by atoms with van der Waals surface area (Å²) >= 11 is 0. The van der Waals surface area contributed by atoms with E-state index in [9.17, 15) is 0 Å². The molecule has 1 atom stereocenters. The standard InChI is InChI=1S/C29H44N2O/c1-24(2)17-20-31(27-12-9-19-30(22-27)21-18-29(3,4)5)26-13-15-28(16-14-26)32-23-25-10-7-6-8-11-25/h6-8,10-11,13-16,24,27H,9,12,17-23H2,1-5H3. The lowest BCUT2D eigenvalue weighted by Gasteiger charge is -2.41. The van der Waals surface area contributed by atoms with Crippen LogP contribution in [0.15, 0.2) is 54.6 Å². The molecule has 0 amide bonds. The molecule has 1 aliphatic rings. The molecule has 2 aromatic rings. The van der Waals surface area contributed by atoms with Gasteiger partial charge in [-0.2, -0.15) is 0 Å². The summed E-state index contributed by atoms with van der Waals surface area (Å²) in [6.07, 6.45) is 5.07. The Morgan fingerprint density at radius 3 is 2.41 bits per heavy atom. The summed E-state index contributed by atoms with van der Waals surface area (Å²) in [4.78, 5) is 5.36. The van der Waals surface area contributed by atoms with Gasteiger partial charge in [-0.3, -0.25) is 0 Å². The molecule has 0 aliphatic carbocycles. The van der Waals surface area contributed by atoms with Crippen LogP contribution in [-0.2, 0) is 6.61 Å². The van der Waals surface area contributed by atoms with E-state index in [-0.39, 0.29) is 0 Å².